The first-order chi connectivity index (χ1) is 9.36. The number of hydrogen-bond acceptors (Lipinski definition) is 2. The third-order valence-electron chi connectivity index (χ3n) is 3.59. The van der Waals surface area contributed by atoms with Crippen LogP contribution in [0.3, 0.4) is 0 Å². The van der Waals surface area contributed by atoms with Gasteiger partial charge in [0, 0.05) is 17.5 Å². The van der Waals surface area contributed by atoms with E-state index < -0.39 is 0 Å². The topological polar surface area (TPSA) is 25.2 Å². The van der Waals surface area contributed by atoms with Crippen LogP contribution in [0.1, 0.15) is 49.8 Å². The zero-order valence-corrected chi connectivity index (χ0v) is 11.8. The van der Waals surface area contributed by atoms with E-state index >= 15 is 0 Å². The molecule has 2 aromatic rings. The Balaban J connectivity index is 2.25. The maximum atomic E-state index is 5.27. The van der Waals surface area contributed by atoms with Gasteiger partial charge in [-0.3, -0.25) is 0 Å². The van der Waals surface area contributed by atoms with E-state index in [0.29, 0.717) is 12.0 Å². The molecule has 0 amide bonds. The summed E-state index contributed by atoms with van der Waals surface area (Å²) in [7, 11) is 0. The Morgan fingerprint density at radius 3 is 2.42 bits per heavy atom. The highest BCUT2D eigenvalue weighted by Gasteiger charge is 2.23. The lowest BCUT2D eigenvalue weighted by Gasteiger charge is -2.27. The van der Waals surface area contributed by atoms with Gasteiger partial charge >= 0.3 is 0 Å². The van der Waals surface area contributed by atoms with Crippen LogP contribution in [0.25, 0.3) is 0 Å². The van der Waals surface area contributed by atoms with Gasteiger partial charge in [0.1, 0.15) is 0 Å². The quantitative estimate of drug-likeness (QED) is 0.789. The molecule has 2 unspecified atom stereocenters. The number of rotatable bonds is 7. The zero-order valence-electron chi connectivity index (χ0n) is 11.8. The maximum absolute atomic E-state index is 5.27. The normalized spacial score (nSPS) is 14.2. The lowest BCUT2D eigenvalue weighted by molar-refractivity contribution is 0.430. The average Bonchev–Trinajstić information content (AvgIpc) is 2.98. The molecule has 0 aliphatic rings. The molecule has 0 saturated heterocycles. The summed E-state index contributed by atoms with van der Waals surface area (Å²) in [6, 6.07) is 13.1. The van der Waals surface area contributed by atoms with Crippen LogP contribution in [-0.2, 0) is 0 Å². The van der Waals surface area contributed by atoms with Crippen LogP contribution in [0.5, 0.6) is 0 Å². The summed E-state index contributed by atoms with van der Waals surface area (Å²) < 4.78 is 5.27. The van der Waals surface area contributed by atoms with Crippen molar-refractivity contribution < 1.29 is 4.42 Å². The SMILES string of the molecule is CCCNC(c1ccoc1)C(CC)c1ccccc1. The van der Waals surface area contributed by atoms with Gasteiger partial charge in [0.25, 0.3) is 0 Å². The van der Waals surface area contributed by atoms with Crippen LogP contribution in [0.2, 0.25) is 0 Å². The molecule has 0 aliphatic heterocycles. The molecule has 102 valence electrons. The molecule has 0 radical (unpaired) electrons. The minimum Gasteiger partial charge on any atom is -0.472 e. The smallest absolute Gasteiger partial charge is 0.0950 e. The van der Waals surface area contributed by atoms with Crippen molar-refractivity contribution >= 4 is 0 Å². The Labute approximate surface area is 115 Å². The molecular weight excluding hydrogens is 234 g/mol. The van der Waals surface area contributed by atoms with E-state index in [1.807, 2.05) is 6.26 Å². The summed E-state index contributed by atoms with van der Waals surface area (Å²) in [6.07, 6.45) is 5.86. The largest absolute Gasteiger partial charge is 0.472 e. The molecule has 2 nitrogen and oxygen atoms in total. The Morgan fingerprint density at radius 2 is 1.84 bits per heavy atom. The lowest BCUT2D eigenvalue weighted by Crippen LogP contribution is -2.27. The minimum atomic E-state index is 0.325. The molecular formula is C17H23NO. The van der Waals surface area contributed by atoms with E-state index in [0.717, 1.165) is 19.4 Å². The fourth-order valence-corrected chi connectivity index (χ4v) is 2.61. The fourth-order valence-electron chi connectivity index (χ4n) is 2.61. The Bertz CT molecular complexity index is 449. The van der Waals surface area contributed by atoms with E-state index in [-0.39, 0.29) is 0 Å². The van der Waals surface area contributed by atoms with Crippen molar-refractivity contribution in [2.24, 2.45) is 0 Å². The third-order valence-corrected chi connectivity index (χ3v) is 3.59. The monoisotopic (exact) mass is 257 g/mol. The van der Waals surface area contributed by atoms with E-state index in [1.165, 1.54) is 11.1 Å². The van der Waals surface area contributed by atoms with Gasteiger partial charge in [0.2, 0.25) is 0 Å². The fraction of sp³-hybridized carbons (Fsp3) is 0.412. The molecule has 1 heterocycles. The van der Waals surface area contributed by atoms with Gasteiger partial charge in [-0.25, -0.2) is 0 Å². The third kappa shape index (κ3) is 3.48. The van der Waals surface area contributed by atoms with Gasteiger partial charge in [-0.15, -0.1) is 0 Å². The van der Waals surface area contributed by atoms with Crippen LogP contribution in [0, 0.1) is 0 Å². The van der Waals surface area contributed by atoms with Crippen molar-refractivity contribution in [1.29, 1.82) is 0 Å². The van der Waals surface area contributed by atoms with Gasteiger partial charge in [-0.1, -0.05) is 44.2 Å². The van der Waals surface area contributed by atoms with Crippen molar-refractivity contribution in [1.82, 2.24) is 5.32 Å². The molecule has 1 N–H and O–H groups in total. The molecule has 1 aromatic carbocycles. The van der Waals surface area contributed by atoms with Crippen LogP contribution in [-0.4, -0.2) is 6.54 Å². The highest BCUT2D eigenvalue weighted by Crippen LogP contribution is 2.33. The van der Waals surface area contributed by atoms with E-state index in [1.54, 1.807) is 6.26 Å². The van der Waals surface area contributed by atoms with Crippen molar-refractivity contribution in [3.8, 4) is 0 Å². The predicted octanol–water partition coefficient (Wildman–Crippen LogP) is 4.51. The maximum Gasteiger partial charge on any atom is 0.0950 e. The second-order valence-electron chi connectivity index (χ2n) is 4.91. The van der Waals surface area contributed by atoms with E-state index in [9.17, 15) is 0 Å². The number of furan rings is 1. The lowest BCUT2D eigenvalue weighted by atomic mass is 9.86. The molecule has 19 heavy (non-hydrogen) atoms. The number of nitrogens with one attached hydrogen (secondary N) is 1. The van der Waals surface area contributed by atoms with Crippen molar-refractivity contribution in [3.63, 3.8) is 0 Å². The first-order valence-corrected chi connectivity index (χ1v) is 7.17. The van der Waals surface area contributed by atoms with E-state index in [2.05, 4.69) is 55.6 Å². The van der Waals surface area contributed by atoms with Gasteiger partial charge in [-0.2, -0.15) is 0 Å². The van der Waals surface area contributed by atoms with Crippen molar-refractivity contribution in [2.45, 2.75) is 38.6 Å². The van der Waals surface area contributed by atoms with Crippen LogP contribution in [0.15, 0.2) is 53.3 Å². The summed E-state index contributed by atoms with van der Waals surface area (Å²) in [5.74, 6) is 0.477. The zero-order chi connectivity index (χ0) is 13.5. The standard InChI is InChI=1S/C17H23NO/c1-3-11-18-17(15-10-12-19-13-15)16(4-2)14-8-6-5-7-9-14/h5-10,12-13,16-18H,3-4,11H2,1-2H3. The molecule has 0 fully saturated rings. The van der Waals surface area contributed by atoms with Gasteiger partial charge in [0.15, 0.2) is 0 Å². The first kappa shape index (κ1) is 13.9. The highest BCUT2D eigenvalue weighted by atomic mass is 16.3. The Morgan fingerprint density at radius 1 is 1.05 bits per heavy atom. The summed E-state index contributed by atoms with van der Waals surface area (Å²) in [6.45, 7) is 5.47. The van der Waals surface area contributed by atoms with Gasteiger partial charge in [-0.05, 0) is 31.0 Å². The molecule has 0 spiro atoms. The molecule has 0 aliphatic carbocycles. The van der Waals surface area contributed by atoms with Crippen LogP contribution >= 0.6 is 0 Å². The first-order valence-electron chi connectivity index (χ1n) is 7.17. The summed E-state index contributed by atoms with van der Waals surface area (Å²) in [5.41, 5.74) is 2.63. The minimum absolute atomic E-state index is 0.325. The van der Waals surface area contributed by atoms with Crippen molar-refractivity contribution in [2.75, 3.05) is 6.54 Å². The second kappa shape index (κ2) is 7.15. The van der Waals surface area contributed by atoms with Crippen LogP contribution < -0.4 is 5.32 Å². The second-order valence-corrected chi connectivity index (χ2v) is 4.91. The molecule has 2 atom stereocenters. The van der Waals surface area contributed by atoms with Crippen LogP contribution in [0.4, 0.5) is 0 Å². The molecule has 1 aromatic heterocycles. The van der Waals surface area contributed by atoms with Gasteiger partial charge in [0.05, 0.1) is 12.5 Å². The molecule has 0 saturated carbocycles. The average molecular weight is 257 g/mol. The van der Waals surface area contributed by atoms with Crippen molar-refractivity contribution in [3.05, 3.63) is 60.1 Å². The summed E-state index contributed by atoms with van der Waals surface area (Å²) >= 11 is 0. The number of hydrogen-bond donors (Lipinski definition) is 1. The number of benzene rings is 1. The Kier molecular flexibility index (Phi) is 5.22. The van der Waals surface area contributed by atoms with Gasteiger partial charge < -0.3 is 9.73 Å². The molecule has 2 rings (SSSR count). The summed E-state index contributed by atoms with van der Waals surface area (Å²) in [5, 5.41) is 3.66. The van der Waals surface area contributed by atoms with E-state index in [4.69, 9.17) is 4.42 Å². The predicted molar refractivity (Wildman–Crippen MR) is 79.2 cm³/mol. The Hall–Kier alpha value is -1.54. The molecule has 0 bridgehead atoms. The highest BCUT2D eigenvalue weighted by molar-refractivity contribution is 5.26. The molecule has 2 heteroatoms. The summed E-state index contributed by atoms with van der Waals surface area (Å²) in [4.78, 5) is 0.